The Labute approximate surface area is 180 Å². The van der Waals surface area contributed by atoms with Crippen molar-refractivity contribution in [3.63, 3.8) is 0 Å². The summed E-state index contributed by atoms with van der Waals surface area (Å²) < 4.78 is 2.27. The Kier molecular flexibility index (Phi) is 6.77. The van der Waals surface area contributed by atoms with E-state index >= 15 is 0 Å². The summed E-state index contributed by atoms with van der Waals surface area (Å²) in [5.41, 5.74) is 4.40. The SMILES string of the molecule is Cc1c(C(C)O)c(C(C)C)c(Sc2cc(Cl)cc(Cl)c2)n1Cc1ccncc1. The van der Waals surface area contributed by atoms with Crippen molar-refractivity contribution in [2.75, 3.05) is 0 Å². The third kappa shape index (κ3) is 4.57. The molecule has 0 spiro atoms. The molecule has 148 valence electrons. The molecule has 0 saturated heterocycles. The van der Waals surface area contributed by atoms with Crippen molar-refractivity contribution in [2.24, 2.45) is 0 Å². The molecule has 3 aromatic rings. The highest BCUT2D eigenvalue weighted by atomic mass is 35.5. The van der Waals surface area contributed by atoms with Crippen LogP contribution in [0.3, 0.4) is 0 Å². The van der Waals surface area contributed by atoms with Crippen LogP contribution in [0.5, 0.6) is 0 Å². The Morgan fingerprint density at radius 2 is 1.64 bits per heavy atom. The van der Waals surface area contributed by atoms with Crippen molar-refractivity contribution in [3.8, 4) is 0 Å². The fourth-order valence-corrected chi connectivity index (χ4v) is 5.53. The van der Waals surface area contributed by atoms with Gasteiger partial charge in [0.1, 0.15) is 0 Å². The lowest BCUT2D eigenvalue weighted by molar-refractivity contribution is 0.197. The molecule has 1 N–H and O–H groups in total. The summed E-state index contributed by atoms with van der Waals surface area (Å²) in [6.45, 7) is 8.93. The molecule has 0 fully saturated rings. The smallest absolute Gasteiger partial charge is 0.0840 e. The lowest BCUT2D eigenvalue weighted by Crippen LogP contribution is -2.04. The standard InChI is InChI=1S/C22H24Cl2N2OS/c1-13(2)20-21(15(4)27)14(3)26(12-16-5-7-25-8-6-16)22(20)28-19-10-17(23)9-18(24)11-19/h5-11,13,15,27H,12H2,1-4H3. The van der Waals surface area contributed by atoms with E-state index in [2.05, 4.69) is 30.3 Å². The summed E-state index contributed by atoms with van der Waals surface area (Å²) in [4.78, 5) is 5.09. The molecule has 0 saturated carbocycles. The predicted octanol–water partition coefficient (Wildman–Crippen LogP) is 6.87. The van der Waals surface area contributed by atoms with Gasteiger partial charge in [-0.05, 0) is 61.2 Å². The molecular formula is C22H24Cl2N2OS. The highest BCUT2D eigenvalue weighted by Gasteiger charge is 2.26. The van der Waals surface area contributed by atoms with Crippen LogP contribution in [0.2, 0.25) is 10.0 Å². The van der Waals surface area contributed by atoms with Crippen LogP contribution >= 0.6 is 35.0 Å². The summed E-state index contributed by atoms with van der Waals surface area (Å²) >= 11 is 14.1. The second-order valence-electron chi connectivity index (χ2n) is 7.20. The fraction of sp³-hybridized carbons (Fsp3) is 0.318. The average molecular weight is 435 g/mol. The first kappa shape index (κ1) is 21.3. The zero-order valence-electron chi connectivity index (χ0n) is 16.4. The summed E-state index contributed by atoms with van der Waals surface area (Å²) in [5, 5.41) is 12.9. The normalized spacial score (nSPS) is 12.6. The zero-order chi connectivity index (χ0) is 20.4. The van der Waals surface area contributed by atoms with Gasteiger partial charge in [0.05, 0.1) is 11.1 Å². The van der Waals surface area contributed by atoms with E-state index in [1.165, 1.54) is 5.56 Å². The predicted molar refractivity (Wildman–Crippen MR) is 118 cm³/mol. The number of hydrogen-bond acceptors (Lipinski definition) is 3. The van der Waals surface area contributed by atoms with Crippen LogP contribution in [0.1, 0.15) is 55.2 Å². The third-order valence-electron chi connectivity index (χ3n) is 4.70. The lowest BCUT2D eigenvalue weighted by Gasteiger charge is -2.15. The van der Waals surface area contributed by atoms with E-state index in [-0.39, 0.29) is 5.92 Å². The van der Waals surface area contributed by atoms with Gasteiger partial charge in [0, 0.05) is 45.1 Å². The van der Waals surface area contributed by atoms with E-state index < -0.39 is 6.10 Å². The van der Waals surface area contributed by atoms with Crippen LogP contribution in [0.25, 0.3) is 0 Å². The maximum Gasteiger partial charge on any atom is 0.0840 e. The van der Waals surface area contributed by atoms with E-state index in [1.807, 2.05) is 31.2 Å². The van der Waals surface area contributed by atoms with Crippen LogP contribution < -0.4 is 0 Å². The lowest BCUT2D eigenvalue weighted by atomic mass is 9.97. The molecule has 0 aliphatic heterocycles. The summed E-state index contributed by atoms with van der Waals surface area (Å²) in [7, 11) is 0. The highest BCUT2D eigenvalue weighted by molar-refractivity contribution is 7.99. The molecule has 1 aromatic carbocycles. The summed E-state index contributed by atoms with van der Waals surface area (Å²) in [5.74, 6) is 0.263. The third-order valence-corrected chi connectivity index (χ3v) is 6.24. The number of aliphatic hydroxyl groups is 1. The van der Waals surface area contributed by atoms with Crippen molar-refractivity contribution in [1.82, 2.24) is 9.55 Å². The molecule has 0 amide bonds. The van der Waals surface area contributed by atoms with E-state index in [1.54, 1.807) is 30.2 Å². The van der Waals surface area contributed by atoms with Crippen LogP contribution in [-0.4, -0.2) is 14.7 Å². The Morgan fingerprint density at radius 1 is 1.04 bits per heavy atom. The van der Waals surface area contributed by atoms with Gasteiger partial charge in [-0.3, -0.25) is 4.98 Å². The number of hydrogen-bond donors (Lipinski definition) is 1. The van der Waals surface area contributed by atoms with Crippen LogP contribution in [0, 0.1) is 6.92 Å². The van der Waals surface area contributed by atoms with Gasteiger partial charge in [-0.1, -0.05) is 48.8 Å². The average Bonchev–Trinajstić information content (AvgIpc) is 2.88. The van der Waals surface area contributed by atoms with Gasteiger partial charge in [0.15, 0.2) is 0 Å². The number of benzene rings is 1. The minimum absolute atomic E-state index is 0.263. The van der Waals surface area contributed by atoms with Gasteiger partial charge in [-0.25, -0.2) is 0 Å². The quantitative estimate of drug-likeness (QED) is 0.459. The second kappa shape index (κ2) is 8.91. The minimum atomic E-state index is -0.543. The number of nitrogens with zero attached hydrogens (tertiary/aromatic N) is 2. The van der Waals surface area contributed by atoms with E-state index in [0.29, 0.717) is 16.6 Å². The Balaban J connectivity index is 2.17. The first-order valence-electron chi connectivity index (χ1n) is 9.21. The molecule has 3 rings (SSSR count). The van der Waals surface area contributed by atoms with Gasteiger partial charge < -0.3 is 9.67 Å². The van der Waals surface area contributed by atoms with Crippen LogP contribution in [0.15, 0.2) is 52.6 Å². The van der Waals surface area contributed by atoms with Gasteiger partial charge in [0.25, 0.3) is 0 Å². The van der Waals surface area contributed by atoms with Crippen LogP contribution in [-0.2, 0) is 6.54 Å². The molecule has 28 heavy (non-hydrogen) atoms. The molecule has 0 bridgehead atoms. The first-order valence-corrected chi connectivity index (χ1v) is 10.8. The number of aliphatic hydroxyl groups excluding tert-OH is 1. The molecule has 2 aromatic heterocycles. The number of rotatable bonds is 6. The maximum absolute atomic E-state index is 10.5. The van der Waals surface area contributed by atoms with Crippen molar-refractivity contribution < 1.29 is 5.11 Å². The molecule has 0 aliphatic carbocycles. The minimum Gasteiger partial charge on any atom is -0.389 e. The molecule has 3 nitrogen and oxygen atoms in total. The Hall–Kier alpha value is -1.46. The maximum atomic E-state index is 10.5. The van der Waals surface area contributed by atoms with Gasteiger partial charge in [-0.2, -0.15) is 0 Å². The Bertz CT molecular complexity index is 948. The number of halogens is 2. The van der Waals surface area contributed by atoms with Crippen molar-refractivity contribution >= 4 is 35.0 Å². The van der Waals surface area contributed by atoms with Gasteiger partial charge in [-0.15, -0.1) is 0 Å². The second-order valence-corrected chi connectivity index (χ2v) is 9.13. The van der Waals surface area contributed by atoms with Crippen LogP contribution in [0.4, 0.5) is 0 Å². The Morgan fingerprint density at radius 3 is 2.18 bits per heavy atom. The zero-order valence-corrected chi connectivity index (χ0v) is 18.7. The monoisotopic (exact) mass is 434 g/mol. The highest BCUT2D eigenvalue weighted by Crippen LogP contribution is 2.43. The molecule has 2 heterocycles. The summed E-state index contributed by atoms with van der Waals surface area (Å²) in [6, 6.07) is 9.61. The number of aromatic nitrogens is 2. The van der Waals surface area contributed by atoms with Gasteiger partial charge >= 0.3 is 0 Å². The fourth-order valence-electron chi connectivity index (χ4n) is 3.51. The van der Waals surface area contributed by atoms with E-state index in [9.17, 15) is 5.11 Å². The van der Waals surface area contributed by atoms with E-state index in [0.717, 1.165) is 26.7 Å². The van der Waals surface area contributed by atoms with Crippen molar-refractivity contribution in [1.29, 1.82) is 0 Å². The van der Waals surface area contributed by atoms with Gasteiger partial charge in [0.2, 0.25) is 0 Å². The largest absolute Gasteiger partial charge is 0.389 e. The van der Waals surface area contributed by atoms with Crippen molar-refractivity contribution in [3.05, 3.63) is 75.2 Å². The topological polar surface area (TPSA) is 38.0 Å². The van der Waals surface area contributed by atoms with E-state index in [4.69, 9.17) is 23.2 Å². The molecule has 0 aliphatic rings. The molecule has 0 radical (unpaired) electrons. The summed E-state index contributed by atoms with van der Waals surface area (Å²) in [6.07, 6.45) is 3.06. The first-order chi connectivity index (χ1) is 13.3. The molecule has 6 heteroatoms. The molecular weight excluding hydrogens is 411 g/mol. The molecule has 1 unspecified atom stereocenters. The molecule has 1 atom stereocenters. The number of pyridine rings is 1. The van der Waals surface area contributed by atoms with Crippen molar-refractivity contribution in [2.45, 2.75) is 56.2 Å².